The van der Waals surface area contributed by atoms with Crippen molar-refractivity contribution in [3.8, 4) is 11.8 Å². The first-order valence-corrected chi connectivity index (χ1v) is 6.77. The van der Waals surface area contributed by atoms with Gasteiger partial charge in [0.2, 0.25) is 11.8 Å². The van der Waals surface area contributed by atoms with E-state index in [9.17, 15) is 0 Å². The van der Waals surface area contributed by atoms with Gasteiger partial charge in [-0.25, -0.2) is 4.98 Å². The molecular weight excluding hydrogens is 318 g/mol. The van der Waals surface area contributed by atoms with Crippen LogP contribution < -0.4 is 15.2 Å². The molecule has 2 aromatic heterocycles. The van der Waals surface area contributed by atoms with Crippen molar-refractivity contribution in [1.29, 1.82) is 0 Å². The average molecular weight is 330 g/mol. The molecule has 2 N–H and O–H groups in total. The van der Waals surface area contributed by atoms with Crippen LogP contribution in [-0.2, 0) is 0 Å². The summed E-state index contributed by atoms with van der Waals surface area (Å²) in [6.07, 6.45) is 1.53. The summed E-state index contributed by atoms with van der Waals surface area (Å²) in [5.74, 6) is 0.776. The quantitative estimate of drug-likeness (QED) is 0.932. The highest BCUT2D eigenvalue weighted by Gasteiger charge is 2.19. The Labute approximate surface area is 117 Å². The number of hydrogen-bond acceptors (Lipinski definition) is 6. The van der Waals surface area contributed by atoms with Gasteiger partial charge >= 0.3 is 0 Å². The van der Waals surface area contributed by atoms with Crippen molar-refractivity contribution in [2.24, 2.45) is 5.73 Å². The van der Waals surface area contributed by atoms with Gasteiger partial charge in [0.1, 0.15) is 5.69 Å². The number of aromatic nitrogens is 2. The van der Waals surface area contributed by atoms with E-state index in [4.69, 9.17) is 15.2 Å². The molecule has 0 aliphatic heterocycles. The predicted octanol–water partition coefficient (Wildman–Crippen LogP) is 2.37. The summed E-state index contributed by atoms with van der Waals surface area (Å²) in [6, 6.07) is 1.58. The molecule has 96 valence electrons. The van der Waals surface area contributed by atoms with Gasteiger partial charge in [0.15, 0.2) is 0 Å². The number of thiophene rings is 1. The zero-order valence-electron chi connectivity index (χ0n) is 9.88. The first kappa shape index (κ1) is 13.3. The first-order valence-electron chi connectivity index (χ1n) is 5.10. The standard InChI is InChI=1S/C11H12BrN3O2S/c1-16-8-4-14-10(11(15-8)17-2)9(13)6-3-7(12)18-5-6/h3-5,9H,13H2,1-2H3. The van der Waals surface area contributed by atoms with Gasteiger partial charge in [0, 0.05) is 0 Å². The van der Waals surface area contributed by atoms with Crippen LogP contribution in [0.4, 0.5) is 0 Å². The lowest BCUT2D eigenvalue weighted by Crippen LogP contribution is -2.15. The Kier molecular flexibility index (Phi) is 4.15. The van der Waals surface area contributed by atoms with Crippen molar-refractivity contribution in [2.75, 3.05) is 14.2 Å². The van der Waals surface area contributed by atoms with E-state index in [1.165, 1.54) is 20.4 Å². The highest BCUT2D eigenvalue weighted by Crippen LogP contribution is 2.30. The van der Waals surface area contributed by atoms with Crippen LogP contribution in [0.5, 0.6) is 11.8 Å². The van der Waals surface area contributed by atoms with E-state index in [0.29, 0.717) is 17.5 Å². The molecule has 0 aliphatic carbocycles. The van der Waals surface area contributed by atoms with Crippen LogP contribution in [0.15, 0.2) is 21.4 Å². The van der Waals surface area contributed by atoms with E-state index >= 15 is 0 Å². The number of nitrogens with two attached hydrogens (primary N) is 1. The molecule has 0 saturated carbocycles. The average Bonchev–Trinajstić information content (AvgIpc) is 2.83. The minimum atomic E-state index is -0.374. The van der Waals surface area contributed by atoms with Gasteiger partial charge < -0.3 is 15.2 Å². The van der Waals surface area contributed by atoms with Crippen LogP contribution in [0.1, 0.15) is 17.3 Å². The number of rotatable bonds is 4. The Hall–Kier alpha value is -1.18. The third-order valence-corrected chi connectivity index (χ3v) is 3.91. The van der Waals surface area contributed by atoms with Gasteiger partial charge in [-0.2, -0.15) is 4.98 Å². The number of methoxy groups -OCH3 is 2. The minimum Gasteiger partial charge on any atom is -0.480 e. The van der Waals surface area contributed by atoms with Crippen LogP contribution in [0.2, 0.25) is 0 Å². The van der Waals surface area contributed by atoms with Gasteiger partial charge in [0.25, 0.3) is 0 Å². The topological polar surface area (TPSA) is 70.3 Å². The molecule has 5 nitrogen and oxygen atoms in total. The maximum Gasteiger partial charge on any atom is 0.240 e. The summed E-state index contributed by atoms with van der Waals surface area (Å²) in [6.45, 7) is 0. The van der Waals surface area contributed by atoms with Gasteiger partial charge in [-0.3, -0.25) is 0 Å². The molecule has 2 rings (SSSR count). The van der Waals surface area contributed by atoms with Crippen molar-refractivity contribution < 1.29 is 9.47 Å². The molecule has 0 aromatic carbocycles. The molecule has 0 spiro atoms. The third kappa shape index (κ3) is 2.63. The smallest absolute Gasteiger partial charge is 0.240 e. The molecule has 0 radical (unpaired) electrons. The molecule has 2 heterocycles. The van der Waals surface area contributed by atoms with Crippen LogP contribution in [0, 0.1) is 0 Å². The Morgan fingerprint density at radius 2 is 2.17 bits per heavy atom. The van der Waals surface area contributed by atoms with E-state index in [1.807, 2.05) is 11.4 Å². The molecule has 1 atom stereocenters. The zero-order chi connectivity index (χ0) is 13.1. The molecule has 18 heavy (non-hydrogen) atoms. The second-order valence-corrected chi connectivity index (χ2v) is 5.76. The van der Waals surface area contributed by atoms with Crippen LogP contribution in [0.3, 0.4) is 0 Å². The van der Waals surface area contributed by atoms with Gasteiger partial charge in [-0.1, -0.05) is 0 Å². The third-order valence-electron chi connectivity index (χ3n) is 2.39. The minimum absolute atomic E-state index is 0.374. The Morgan fingerprint density at radius 1 is 1.39 bits per heavy atom. The fourth-order valence-corrected chi connectivity index (χ4v) is 2.68. The van der Waals surface area contributed by atoms with Crippen LogP contribution in [0.25, 0.3) is 0 Å². The highest BCUT2D eigenvalue weighted by atomic mass is 79.9. The van der Waals surface area contributed by atoms with Crippen molar-refractivity contribution in [1.82, 2.24) is 9.97 Å². The van der Waals surface area contributed by atoms with Crippen molar-refractivity contribution >= 4 is 27.3 Å². The highest BCUT2D eigenvalue weighted by molar-refractivity contribution is 9.11. The number of hydrogen-bond donors (Lipinski definition) is 1. The second-order valence-electron chi connectivity index (χ2n) is 3.47. The van der Waals surface area contributed by atoms with Crippen molar-refractivity contribution in [3.63, 3.8) is 0 Å². The fourth-order valence-electron chi connectivity index (χ4n) is 1.47. The molecular formula is C11H12BrN3O2S. The van der Waals surface area contributed by atoms with Gasteiger partial charge in [0.05, 0.1) is 30.2 Å². The van der Waals surface area contributed by atoms with Crippen LogP contribution >= 0.6 is 27.3 Å². The lowest BCUT2D eigenvalue weighted by molar-refractivity contribution is 0.355. The Bertz CT molecular complexity index is 547. The maximum atomic E-state index is 6.16. The molecule has 7 heteroatoms. The lowest BCUT2D eigenvalue weighted by atomic mass is 10.1. The lowest BCUT2D eigenvalue weighted by Gasteiger charge is -2.13. The number of nitrogens with zero attached hydrogens (tertiary/aromatic N) is 2. The monoisotopic (exact) mass is 329 g/mol. The summed E-state index contributed by atoms with van der Waals surface area (Å²) in [5.41, 5.74) is 7.71. The zero-order valence-corrected chi connectivity index (χ0v) is 12.3. The van der Waals surface area contributed by atoms with Crippen LogP contribution in [-0.4, -0.2) is 24.2 Å². The van der Waals surface area contributed by atoms with E-state index < -0.39 is 0 Å². The first-order chi connectivity index (χ1) is 8.65. The molecule has 2 aromatic rings. The van der Waals surface area contributed by atoms with Crippen molar-refractivity contribution in [3.05, 3.63) is 32.7 Å². The SMILES string of the molecule is COc1cnc(C(N)c2csc(Br)c2)c(OC)n1. The summed E-state index contributed by atoms with van der Waals surface area (Å²) in [5, 5.41) is 1.97. The fraction of sp³-hybridized carbons (Fsp3) is 0.273. The largest absolute Gasteiger partial charge is 0.480 e. The van der Waals surface area contributed by atoms with E-state index in [0.717, 1.165) is 9.35 Å². The van der Waals surface area contributed by atoms with Gasteiger partial charge in [-0.05, 0) is 32.9 Å². The Morgan fingerprint density at radius 3 is 2.72 bits per heavy atom. The number of halogens is 1. The van der Waals surface area contributed by atoms with Crippen molar-refractivity contribution in [2.45, 2.75) is 6.04 Å². The Balaban J connectivity index is 2.38. The molecule has 0 bridgehead atoms. The molecule has 0 saturated heterocycles. The summed E-state index contributed by atoms with van der Waals surface area (Å²) in [7, 11) is 3.06. The molecule has 1 unspecified atom stereocenters. The van der Waals surface area contributed by atoms with E-state index in [-0.39, 0.29) is 6.04 Å². The van der Waals surface area contributed by atoms with E-state index in [2.05, 4.69) is 25.9 Å². The summed E-state index contributed by atoms with van der Waals surface area (Å²) in [4.78, 5) is 8.43. The summed E-state index contributed by atoms with van der Waals surface area (Å²) < 4.78 is 11.2. The maximum absolute atomic E-state index is 6.16. The van der Waals surface area contributed by atoms with Gasteiger partial charge in [-0.15, -0.1) is 11.3 Å². The number of ether oxygens (including phenoxy) is 2. The van der Waals surface area contributed by atoms with E-state index in [1.54, 1.807) is 11.3 Å². The predicted molar refractivity (Wildman–Crippen MR) is 73.2 cm³/mol. The molecule has 0 fully saturated rings. The summed E-state index contributed by atoms with van der Waals surface area (Å²) >= 11 is 4.98. The normalized spacial score (nSPS) is 12.2. The molecule has 0 aliphatic rings. The molecule has 0 amide bonds. The second kappa shape index (κ2) is 5.64.